The molecule has 1 rings (SSSR count). The van der Waals surface area contributed by atoms with Crippen molar-refractivity contribution in [2.45, 2.75) is 0 Å². The summed E-state index contributed by atoms with van der Waals surface area (Å²) in [7, 11) is 0. The van der Waals surface area contributed by atoms with Crippen LogP contribution in [0.3, 0.4) is 0 Å². The predicted molar refractivity (Wildman–Crippen MR) is 58.4 cm³/mol. The zero-order valence-corrected chi connectivity index (χ0v) is 8.89. The highest BCUT2D eigenvalue weighted by Crippen LogP contribution is 2.12. The van der Waals surface area contributed by atoms with Gasteiger partial charge in [-0.25, -0.2) is 4.79 Å². The number of non-ortho nitro benzene ring substituents is 1. The maximum Gasteiger partial charge on any atom is 0.338 e. The molecule has 84 valence electrons. The highest BCUT2D eigenvalue weighted by molar-refractivity contribution is 6.25. The van der Waals surface area contributed by atoms with Crippen LogP contribution in [0.25, 0.3) is 0 Å². The second-order valence-electron chi connectivity index (χ2n) is 2.76. The van der Waals surface area contributed by atoms with Gasteiger partial charge in [-0.3, -0.25) is 10.1 Å². The van der Waals surface area contributed by atoms with Gasteiger partial charge in [-0.1, -0.05) is 11.6 Å². The van der Waals surface area contributed by atoms with Crippen molar-refractivity contribution in [1.82, 2.24) is 0 Å². The van der Waals surface area contributed by atoms with Gasteiger partial charge in [0.2, 0.25) is 0 Å². The second-order valence-corrected chi connectivity index (χ2v) is 3.02. The molecule has 0 aromatic heterocycles. The molecular formula is C10H8ClNO4. The van der Waals surface area contributed by atoms with Gasteiger partial charge in [-0.05, 0) is 18.2 Å². The van der Waals surface area contributed by atoms with Gasteiger partial charge in [-0.15, -0.1) is 0 Å². The van der Waals surface area contributed by atoms with E-state index in [4.69, 9.17) is 16.3 Å². The van der Waals surface area contributed by atoms with Crippen molar-refractivity contribution in [3.63, 3.8) is 0 Å². The lowest BCUT2D eigenvalue weighted by molar-refractivity contribution is -0.384. The SMILES string of the molecule is O=C(OC/C=C/Cl)c1ccc([N+](=O)[O-])cc1. The summed E-state index contributed by atoms with van der Waals surface area (Å²) in [4.78, 5) is 21.2. The third-order valence-corrected chi connectivity index (χ3v) is 1.89. The lowest BCUT2D eigenvalue weighted by atomic mass is 10.2. The molecule has 0 aliphatic carbocycles. The van der Waals surface area contributed by atoms with E-state index in [0.717, 1.165) is 0 Å². The van der Waals surface area contributed by atoms with Gasteiger partial charge in [0.15, 0.2) is 0 Å². The molecular weight excluding hydrogens is 234 g/mol. The Bertz CT molecular complexity index is 413. The van der Waals surface area contributed by atoms with Gasteiger partial charge >= 0.3 is 5.97 Å². The highest BCUT2D eigenvalue weighted by Gasteiger charge is 2.09. The van der Waals surface area contributed by atoms with Crippen molar-refractivity contribution in [1.29, 1.82) is 0 Å². The Kier molecular flexibility index (Phi) is 4.47. The first-order valence-electron chi connectivity index (χ1n) is 4.32. The van der Waals surface area contributed by atoms with Gasteiger partial charge in [-0.2, -0.15) is 0 Å². The molecule has 0 aliphatic heterocycles. The minimum Gasteiger partial charge on any atom is -0.458 e. The lowest BCUT2D eigenvalue weighted by Crippen LogP contribution is -2.04. The molecule has 1 aromatic carbocycles. The second kappa shape index (κ2) is 5.87. The van der Waals surface area contributed by atoms with Crippen LogP contribution in [-0.2, 0) is 4.74 Å². The predicted octanol–water partition coefficient (Wildman–Crippen LogP) is 2.50. The summed E-state index contributed by atoms with van der Waals surface area (Å²) in [5, 5.41) is 10.4. The van der Waals surface area contributed by atoms with E-state index in [1.54, 1.807) is 0 Å². The smallest absolute Gasteiger partial charge is 0.338 e. The molecule has 0 bridgehead atoms. The van der Waals surface area contributed by atoms with Crippen LogP contribution in [-0.4, -0.2) is 17.5 Å². The monoisotopic (exact) mass is 241 g/mol. The number of rotatable bonds is 4. The summed E-state index contributed by atoms with van der Waals surface area (Å²) in [5.74, 6) is -0.551. The molecule has 16 heavy (non-hydrogen) atoms. The standard InChI is InChI=1S/C10H8ClNO4/c11-6-1-7-16-10(13)8-2-4-9(5-3-8)12(14)15/h1-6H,7H2/b6-1+. The first-order chi connectivity index (χ1) is 7.65. The summed E-state index contributed by atoms with van der Waals surface area (Å²) >= 11 is 5.24. The molecule has 0 spiro atoms. The van der Waals surface area contributed by atoms with E-state index in [1.807, 2.05) is 0 Å². The van der Waals surface area contributed by atoms with Crippen molar-refractivity contribution in [2.75, 3.05) is 6.61 Å². The van der Waals surface area contributed by atoms with Crippen LogP contribution < -0.4 is 0 Å². The van der Waals surface area contributed by atoms with Crippen LogP contribution in [0.5, 0.6) is 0 Å². The molecule has 0 fully saturated rings. The summed E-state index contributed by atoms with van der Waals surface area (Å²) in [6, 6.07) is 5.16. The zero-order chi connectivity index (χ0) is 12.0. The van der Waals surface area contributed by atoms with E-state index >= 15 is 0 Å². The van der Waals surface area contributed by atoms with Crippen LogP contribution in [0.2, 0.25) is 0 Å². The molecule has 0 saturated heterocycles. The van der Waals surface area contributed by atoms with Gasteiger partial charge in [0.25, 0.3) is 5.69 Å². The molecule has 0 radical (unpaired) electrons. The lowest BCUT2D eigenvalue weighted by Gasteiger charge is -2.00. The molecule has 5 nitrogen and oxygen atoms in total. The molecule has 1 aromatic rings. The number of nitro groups is 1. The van der Waals surface area contributed by atoms with Crippen LogP contribution in [0.4, 0.5) is 5.69 Å². The highest BCUT2D eigenvalue weighted by atomic mass is 35.5. The molecule has 0 N–H and O–H groups in total. The van der Waals surface area contributed by atoms with E-state index in [2.05, 4.69) is 0 Å². The molecule has 0 atom stereocenters. The number of hydrogen-bond donors (Lipinski definition) is 0. The Morgan fingerprint density at radius 2 is 2.06 bits per heavy atom. The minimum absolute atomic E-state index is 0.0688. The Balaban J connectivity index is 2.66. The summed E-state index contributed by atoms with van der Waals surface area (Å²) in [6.45, 7) is 0.0688. The first-order valence-corrected chi connectivity index (χ1v) is 4.75. The summed E-state index contributed by atoms with van der Waals surface area (Å²) in [6.07, 6.45) is 1.46. The minimum atomic E-state index is -0.551. The number of ether oxygens (including phenoxy) is 1. The van der Waals surface area contributed by atoms with Crippen LogP contribution in [0.15, 0.2) is 35.9 Å². The van der Waals surface area contributed by atoms with Crippen LogP contribution in [0, 0.1) is 10.1 Å². The summed E-state index contributed by atoms with van der Waals surface area (Å²) < 4.78 is 4.79. The number of halogens is 1. The maximum atomic E-state index is 11.3. The molecule has 0 amide bonds. The fraction of sp³-hybridized carbons (Fsp3) is 0.100. The third kappa shape index (κ3) is 3.36. The Morgan fingerprint density at radius 1 is 1.44 bits per heavy atom. The Labute approximate surface area is 96.4 Å². The van der Waals surface area contributed by atoms with Gasteiger partial charge in [0, 0.05) is 17.7 Å². The van der Waals surface area contributed by atoms with E-state index in [0.29, 0.717) is 0 Å². The van der Waals surface area contributed by atoms with Crippen molar-refractivity contribution in [3.05, 3.63) is 51.6 Å². The maximum absolute atomic E-state index is 11.3. The van der Waals surface area contributed by atoms with Crippen LogP contribution in [0.1, 0.15) is 10.4 Å². The Morgan fingerprint density at radius 3 is 2.56 bits per heavy atom. The number of nitro benzene ring substituents is 1. The van der Waals surface area contributed by atoms with Gasteiger partial charge in [0.1, 0.15) is 6.61 Å². The van der Waals surface area contributed by atoms with Gasteiger partial charge in [0.05, 0.1) is 10.5 Å². The van der Waals surface area contributed by atoms with E-state index in [1.165, 1.54) is 35.9 Å². The average molecular weight is 242 g/mol. The van der Waals surface area contributed by atoms with Gasteiger partial charge < -0.3 is 4.74 Å². The number of carbonyl (C=O) groups excluding carboxylic acids is 1. The topological polar surface area (TPSA) is 69.4 Å². The number of hydrogen-bond acceptors (Lipinski definition) is 4. The van der Waals surface area contributed by atoms with Crippen molar-refractivity contribution >= 4 is 23.3 Å². The zero-order valence-electron chi connectivity index (χ0n) is 8.13. The van der Waals surface area contributed by atoms with E-state index in [-0.39, 0.29) is 17.9 Å². The number of carbonyl (C=O) groups is 1. The van der Waals surface area contributed by atoms with Crippen molar-refractivity contribution in [3.8, 4) is 0 Å². The molecule has 0 aliphatic rings. The van der Waals surface area contributed by atoms with Crippen molar-refractivity contribution < 1.29 is 14.5 Å². The van der Waals surface area contributed by atoms with E-state index < -0.39 is 10.9 Å². The first kappa shape index (κ1) is 12.2. The summed E-state index contributed by atoms with van der Waals surface area (Å²) in [5.41, 5.74) is 1.43. The Hall–Kier alpha value is -1.88. The number of nitrogens with zero attached hydrogens (tertiary/aromatic N) is 1. The van der Waals surface area contributed by atoms with Crippen LogP contribution >= 0.6 is 11.6 Å². The number of esters is 1. The molecule has 0 saturated carbocycles. The normalized spacial score (nSPS) is 10.3. The fourth-order valence-corrected chi connectivity index (χ4v) is 1.04. The molecule has 6 heteroatoms. The molecule has 0 heterocycles. The van der Waals surface area contributed by atoms with E-state index in [9.17, 15) is 14.9 Å². The number of benzene rings is 1. The quantitative estimate of drug-likeness (QED) is 0.461. The molecule has 0 unspecified atom stereocenters. The third-order valence-electron chi connectivity index (χ3n) is 1.71. The average Bonchev–Trinajstić information content (AvgIpc) is 2.29. The van der Waals surface area contributed by atoms with Crippen molar-refractivity contribution in [2.24, 2.45) is 0 Å². The fourth-order valence-electron chi connectivity index (χ4n) is 0.963. The largest absolute Gasteiger partial charge is 0.458 e.